The third kappa shape index (κ3) is 2.53. The monoisotopic (exact) mass is 225 g/mol. The molecule has 0 atom stereocenters. The van der Waals surface area contributed by atoms with Crippen LogP contribution in [-0.4, -0.2) is 4.98 Å². The molecule has 0 bridgehead atoms. The lowest BCUT2D eigenvalue weighted by Crippen LogP contribution is -1.80. The molecule has 0 spiro atoms. The molecule has 0 aliphatic carbocycles. The zero-order valence-corrected chi connectivity index (χ0v) is 8.89. The fraction of sp³-hybridized carbons (Fsp3) is 0.100. The Hall–Kier alpha value is -0.930. The standard InChI is InChI=1S/C10H8ClNOS/c11-8-3-4-12-10(6-8)14-7-9-2-1-5-13-9/h1-6H,7H2. The predicted molar refractivity (Wildman–Crippen MR) is 57.5 cm³/mol. The molecule has 0 radical (unpaired) electrons. The quantitative estimate of drug-likeness (QED) is 0.747. The van der Waals surface area contributed by atoms with Gasteiger partial charge < -0.3 is 4.42 Å². The van der Waals surface area contributed by atoms with Crippen LogP contribution in [0.5, 0.6) is 0 Å². The maximum atomic E-state index is 5.83. The van der Waals surface area contributed by atoms with E-state index in [0.717, 1.165) is 16.5 Å². The second kappa shape index (κ2) is 4.53. The van der Waals surface area contributed by atoms with Crippen molar-refractivity contribution in [3.63, 3.8) is 0 Å². The molecule has 4 heteroatoms. The van der Waals surface area contributed by atoms with E-state index in [4.69, 9.17) is 16.0 Å². The average molecular weight is 226 g/mol. The highest BCUT2D eigenvalue weighted by molar-refractivity contribution is 7.98. The maximum absolute atomic E-state index is 5.83. The summed E-state index contributed by atoms with van der Waals surface area (Å²) >= 11 is 7.43. The Balaban J connectivity index is 1.98. The van der Waals surface area contributed by atoms with Crippen molar-refractivity contribution in [3.05, 3.63) is 47.5 Å². The molecular weight excluding hydrogens is 218 g/mol. The van der Waals surface area contributed by atoms with Gasteiger partial charge in [0.15, 0.2) is 0 Å². The number of furan rings is 1. The van der Waals surface area contributed by atoms with Gasteiger partial charge >= 0.3 is 0 Å². The van der Waals surface area contributed by atoms with Crippen molar-refractivity contribution in [2.24, 2.45) is 0 Å². The summed E-state index contributed by atoms with van der Waals surface area (Å²) in [4.78, 5) is 4.18. The molecule has 2 nitrogen and oxygen atoms in total. The van der Waals surface area contributed by atoms with E-state index >= 15 is 0 Å². The minimum absolute atomic E-state index is 0.710. The van der Waals surface area contributed by atoms with Gasteiger partial charge in [0.05, 0.1) is 17.0 Å². The number of thioether (sulfide) groups is 1. The smallest absolute Gasteiger partial charge is 0.114 e. The number of hydrogen-bond donors (Lipinski definition) is 0. The summed E-state index contributed by atoms with van der Waals surface area (Å²) in [7, 11) is 0. The summed E-state index contributed by atoms with van der Waals surface area (Å²) in [6.45, 7) is 0. The number of hydrogen-bond acceptors (Lipinski definition) is 3. The van der Waals surface area contributed by atoms with Gasteiger partial charge in [-0.1, -0.05) is 23.4 Å². The van der Waals surface area contributed by atoms with E-state index in [1.165, 1.54) is 0 Å². The molecule has 2 heterocycles. The molecule has 0 unspecified atom stereocenters. The first-order chi connectivity index (χ1) is 6.84. The van der Waals surface area contributed by atoms with Crippen LogP contribution in [0.4, 0.5) is 0 Å². The van der Waals surface area contributed by atoms with Crippen LogP contribution in [0, 0.1) is 0 Å². The molecule has 0 aliphatic heterocycles. The van der Waals surface area contributed by atoms with Crippen molar-refractivity contribution < 1.29 is 4.42 Å². The molecule has 0 fully saturated rings. The Labute approximate surface area is 91.3 Å². The predicted octanol–water partition coefficient (Wildman–Crippen LogP) is 3.62. The van der Waals surface area contributed by atoms with Gasteiger partial charge in [-0.25, -0.2) is 4.98 Å². The van der Waals surface area contributed by atoms with Crippen LogP contribution >= 0.6 is 23.4 Å². The van der Waals surface area contributed by atoms with E-state index in [1.807, 2.05) is 18.2 Å². The van der Waals surface area contributed by atoms with Crippen LogP contribution in [0.3, 0.4) is 0 Å². The summed E-state index contributed by atoms with van der Waals surface area (Å²) in [6, 6.07) is 7.42. The number of rotatable bonds is 3. The molecule has 0 aromatic carbocycles. The van der Waals surface area contributed by atoms with Gasteiger partial charge in [0.25, 0.3) is 0 Å². The van der Waals surface area contributed by atoms with Gasteiger partial charge in [-0.2, -0.15) is 0 Å². The summed E-state index contributed by atoms with van der Waals surface area (Å²) in [5, 5.41) is 1.62. The summed E-state index contributed by atoms with van der Waals surface area (Å²) in [5.74, 6) is 1.72. The highest BCUT2D eigenvalue weighted by Gasteiger charge is 1.99. The normalized spacial score (nSPS) is 10.4. The lowest BCUT2D eigenvalue weighted by atomic mass is 10.5. The van der Waals surface area contributed by atoms with E-state index in [2.05, 4.69) is 4.98 Å². The molecule has 72 valence electrons. The van der Waals surface area contributed by atoms with Gasteiger partial charge in [-0.15, -0.1) is 0 Å². The van der Waals surface area contributed by atoms with Crippen LogP contribution in [0.1, 0.15) is 5.76 Å². The van der Waals surface area contributed by atoms with Crippen LogP contribution in [-0.2, 0) is 5.75 Å². The SMILES string of the molecule is Clc1ccnc(SCc2ccco2)c1. The topological polar surface area (TPSA) is 26.0 Å². The molecule has 0 amide bonds. The van der Waals surface area contributed by atoms with Crippen molar-refractivity contribution in [2.45, 2.75) is 10.8 Å². The molecule has 0 N–H and O–H groups in total. The first kappa shape index (κ1) is 9.62. The molecule has 2 aromatic rings. The first-order valence-electron chi connectivity index (χ1n) is 4.11. The fourth-order valence-corrected chi connectivity index (χ4v) is 2.03. The Morgan fingerprint density at radius 1 is 1.43 bits per heavy atom. The number of halogens is 1. The maximum Gasteiger partial charge on any atom is 0.114 e. The Kier molecular flexibility index (Phi) is 3.11. The first-order valence-corrected chi connectivity index (χ1v) is 5.48. The second-order valence-electron chi connectivity index (χ2n) is 2.68. The van der Waals surface area contributed by atoms with E-state index in [1.54, 1.807) is 30.3 Å². The lowest BCUT2D eigenvalue weighted by molar-refractivity contribution is 0.530. The highest BCUT2D eigenvalue weighted by atomic mass is 35.5. The van der Waals surface area contributed by atoms with Crippen molar-refractivity contribution in [1.29, 1.82) is 0 Å². The number of pyridine rings is 1. The minimum Gasteiger partial charge on any atom is -0.468 e. The van der Waals surface area contributed by atoms with Gasteiger partial charge in [0, 0.05) is 11.2 Å². The third-order valence-corrected chi connectivity index (χ3v) is 2.82. The van der Waals surface area contributed by atoms with Gasteiger partial charge in [0.2, 0.25) is 0 Å². The molecule has 2 aromatic heterocycles. The molecule has 2 rings (SSSR count). The van der Waals surface area contributed by atoms with E-state index in [0.29, 0.717) is 5.02 Å². The van der Waals surface area contributed by atoms with E-state index in [9.17, 15) is 0 Å². The molecule has 0 saturated heterocycles. The van der Waals surface area contributed by atoms with Crippen molar-refractivity contribution in [2.75, 3.05) is 0 Å². The van der Waals surface area contributed by atoms with E-state index in [-0.39, 0.29) is 0 Å². The van der Waals surface area contributed by atoms with Gasteiger partial charge in [-0.05, 0) is 24.3 Å². The van der Waals surface area contributed by atoms with Crippen LogP contribution in [0.15, 0.2) is 46.2 Å². The minimum atomic E-state index is 0.710. The highest BCUT2D eigenvalue weighted by Crippen LogP contribution is 2.22. The average Bonchev–Trinajstić information content (AvgIpc) is 2.67. The largest absolute Gasteiger partial charge is 0.468 e. The fourth-order valence-electron chi connectivity index (χ4n) is 1.00. The second-order valence-corrected chi connectivity index (χ2v) is 4.11. The van der Waals surface area contributed by atoms with Crippen molar-refractivity contribution >= 4 is 23.4 Å². The summed E-state index contributed by atoms with van der Waals surface area (Å²) in [5.41, 5.74) is 0. The Morgan fingerprint density at radius 3 is 3.07 bits per heavy atom. The lowest BCUT2D eigenvalue weighted by Gasteiger charge is -1.98. The molecule has 0 aliphatic rings. The van der Waals surface area contributed by atoms with Crippen molar-refractivity contribution in [3.8, 4) is 0 Å². The zero-order valence-electron chi connectivity index (χ0n) is 7.31. The van der Waals surface area contributed by atoms with Gasteiger partial charge in [0.1, 0.15) is 5.76 Å². The molecule has 14 heavy (non-hydrogen) atoms. The third-order valence-electron chi connectivity index (χ3n) is 1.64. The zero-order chi connectivity index (χ0) is 9.80. The molecular formula is C10H8ClNOS. The number of nitrogens with zero attached hydrogens (tertiary/aromatic N) is 1. The van der Waals surface area contributed by atoms with Gasteiger partial charge in [-0.3, -0.25) is 0 Å². The molecule has 0 saturated carbocycles. The Morgan fingerprint density at radius 2 is 2.36 bits per heavy atom. The summed E-state index contributed by atoms with van der Waals surface area (Å²) in [6.07, 6.45) is 3.37. The van der Waals surface area contributed by atoms with E-state index < -0.39 is 0 Å². The van der Waals surface area contributed by atoms with Crippen LogP contribution in [0.2, 0.25) is 5.02 Å². The van der Waals surface area contributed by atoms with Crippen LogP contribution < -0.4 is 0 Å². The van der Waals surface area contributed by atoms with Crippen molar-refractivity contribution in [1.82, 2.24) is 4.98 Å². The Bertz CT molecular complexity index is 402. The summed E-state index contributed by atoms with van der Waals surface area (Å²) < 4.78 is 5.20. The number of aromatic nitrogens is 1. The van der Waals surface area contributed by atoms with Crippen LogP contribution in [0.25, 0.3) is 0 Å².